The van der Waals surface area contributed by atoms with Crippen molar-refractivity contribution < 1.29 is 26.3 Å². The molecule has 0 saturated heterocycles. The standard InChI is InChI=1S/C20H8F6N4/c21-11-1-2-12(10(7-11)8-27)18-16(22)13(3-5-28-18)15-9-29-19-17(23)14(20(24,25)26)4-6-30(15)19/h1-7,9H. The highest BCUT2D eigenvalue weighted by Crippen LogP contribution is 2.35. The largest absolute Gasteiger partial charge is 0.419 e. The van der Waals surface area contributed by atoms with Crippen molar-refractivity contribution >= 4 is 5.65 Å². The average molecular weight is 418 g/mol. The van der Waals surface area contributed by atoms with Crippen molar-refractivity contribution in [1.82, 2.24) is 14.4 Å². The third-order valence-electron chi connectivity index (χ3n) is 4.45. The Morgan fingerprint density at radius 1 is 0.933 bits per heavy atom. The molecule has 3 aromatic heterocycles. The molecule has 10 heteroatoms. The van der Waals surface area contributed by atoms with Crippen LogP contribution in [-0.2, 0) is 6.18 Å². The van der Waals surface area contributed by atoms with E-state index >= 15 is 4.39 Å². The fourth-order valence-electron chi connectivity index (χ4n) is 3.08. The van der Waals surface area contributed by atoms with E-state index in [4.69, 9.17) is 0 Å². The van der Waals surface area contributed by atoms with Crippen LogP contribution in [0.15, 0.2) is 48.9 Å². The maximum atomic E-state index is 15.3. The van der Waals surface area contributed by atoms with Crippen molar-refractivity contribution in [2.24, 2.45) is 0 Å². The van der Waals surface area contributed by atoms with Gasteiger partial charge in [-0.05, 0) is 30.3 Å². The average Bonchev–Trinajstić information content (AvgIpc) is 3.12. The van der Waals surface area contributed by atoms with Crippen molar-refractivity contribution in [2.45, 2.75) is 6.18 Å². The summed E-state index contributed by atoms with van der Waals surface area (Å²) in [4.78, 5) is 7.56. The van der Waals surface area contributed by atoms with E-state index in [0.29, 0.717) is 6.07 Å². The molecule has 0 N–H and O–H groups in total. The van der Waals surface area contributed by atoms with E-state index in [1.54, 1.807) is 6.07 Å². The third-order valence-corrected chi connectivity index (χ3v) is 4.45. The molecule has 0 aliphatic rings. The molecule has 1 aromatic carbocycles. The predicted octanol–water partition coefficient (Wildman–Crippen LogP) is 5.37. The van der Waals surface area contributed by atoms with Crippen LogP contribution in [-0.4, -0.2) is 14.4 Å². The number of halogens is 6. The second kappa shape index (κ2) is 6.88. The molecular formula is C20H8F6N4. The quantitative estimate of drug-likeness (QED) is 0.411. The van der Waals surface area contributed by atoms with Gasteiger partial charge in [0.2, 0.25) is 0 Å². The number of rotatable bonds is 2. The Bertz CT molecular complexity index is 1330. The van der Waals surface area contributed by atoms with Gasteiger partial charge in [-0.2, -0.15) is 18.4 Å². The second-order valence-corrected chi connectivity index (χ2v) is 6.20. The van der Waals surface area contributed by atoms with Crippen molar-refractivity contribution in [1.29, 1.82) is 5.26 Å². The Kier molecular flexibility index (Phi) is 4.46. The molecule has 150 valence electrons. The molecule has 0 aliphatic carbocycles. The zero-order chi connectivity index (χ0) is 21.6. The molecule has 0 radical (unpaired) electrons. The van der Waals surface area contributed by atoms with Gasteiger partial charge >= 0.3 is 6.18 Å². The van der Waals surface area contributed by atoms with Crippen molar-refractivity contribution in [2.75, 3.05) is 0 Å². The molecule has 30 heavy (non-hydrogen) atoms. The molecule has 0 aliphatic heterocycles. The molecule has 0 saturated carbocycles. The van der Waals surface area contributed by atoms with E-state index in [-0.39, 0.29) is 28.1 Å². The summed E-state index contributed by atoms with van der Waals surface area (Å²) in [5.74, 6) is -3.21. The maximum Gasteiger partial charge on any atom is 0.419 e. The zero-order valence-electron chi connectivity index (χ0n) is 14.7. The number of hydrogen-bond acceptors (Lipinski definition) is 3. The van der Waals surface area contributed by atoms with Crippen LogP contribution in [0.4, 0.5) is 26.3 Å². The second-order valence-electron chi connectivity index (χ2n) is 6.20. The minimum Gasteiger partial charge on any atom is -0.297 e. The Morgan fingerprint density at radius 2 is 1.70 bits per heavy atom. The lowest BCUT2D eigenvalue weighted by Crippen LogP contribution is -2.10. The molecule has 0 fully saturated rings. The van der Waals surface area contributed by atoms with E-state index in [0.717, 1.165) is 28.9 Å². The number of fused-ring (bicyclic) bond motifs is 1. The highest BCUT2D eigenvalue weighted by atomic mass is 19.4. The molecule has 0 unspecified atom stereocenters. The van der Waals surface area contributed by atoms with Crippen LogP contribution in [0.3, 0.4) is 0 Å². The van der Waals surface area contributed by atoms with Gasteiger partial charge in [-0.1, -0.05) is 0 Å². The summed E-state index contributed by atoms with van der Waals surface area (Å²) < 4.78 is 82.7. The molecule has 0 atom stereocenters. The van der Waals surface area contributed by atoms with E-state index in [9.17, 15) is 27.2 Å². The topological polar surface area (TPSA) is 54.0 Å². The normalized spacial score (nSPS) is 11.6. The number of alkyl halides is 3. The van der Waals surface area contributed by atoms with Gasteiger partial charge in [0.1, 0.15) is 11.5 Å². The van der Waals surface area contributed by atoms with E-state index in [2.05, 4.69) is 9.97 Å². The van der Waals surface area contributed by atoms with Crippen molar-refractivity contribution in [3.63, 3.8) is 0 Å². The first kappa shape index (κ1) is 19.4. The molecule has 4 rings (SSSR count). The van der Waals surface area contributed by atoms with Gasteiger partial charge in [-0.3, -0.25) is 9.38 Å². The summed E-state index contributed by atoms with van der Waals surface area (Å²) in [7, 11) is 0. The molecule has 0 spiro atoms. The maximum absolute atomic E-state index is 15.3. The summed E-state index contributed by atoms with van der Waals surface area (Å²) >= 11 is 0. The third kappa shape index (κ3) is 3.04. The molecule has 0 bridgehead atoms. The van der Waals surface area contributed by atoms with E-state index in [1.807, 2.05) is 0 Å². The highest BCUT2D eigenvalue weighted by molar-refractivity contribution is 5.74. The van der Waals surface area contributed by atoms with Crippen LogP contribution >= 0.6 is 0 Å². The highest BCUT2D eigenvalue weighted by Gasteiger charge is 2.35. The summed E-state index contributed by atoms with van der Waals surface area (Å²) in [5, 5.41) is 9.20. The monoisotopic (exact) mass is 418 g/mol. The van der Waals surface area contributed by atoms with Gasteiger partial charge in [0.25, 0.3) is 0 Å². The lowest BCUT2D eigenvalue weighted by molar-refractivity contribution is -0.139. The van der Waals surface area contributed by atoms with Crippen LogP contribution in [0.25, 0.3) is 28.2 Å². The lowest BCUT2D eigenvalue weighted by atomic mass is 10.0. The van der Waals surface area contributed by atoms with Crippen LogP contribution in [0.2, 0.25) is 0 Å². The first-order valence-electron chi connectivity index (χ1n) is 8.30. The van der Waals surface area contributed by atoms with Gasteiger partial charge in [0.05, 0.1) is 29.1 Å². The number of aromatic nitrogens is 3. The Balaban J connectivity index is 1.92. The number of pyridine rings is 2. The summed E-state index contributed by atoms with van der Waals surface area (Å²) in [6, 6.07) is 6.66. The van der Waals surface area contributed by atoms with Gasteiger partial charge < -0.3 is 0 Å². The number of imidazole rings is 1. The number of hydrogen-bond donors (Lipinski definition) is 0. The summed E-state index contributed by atoms with van der Waals surface area (Å²) in [6.45, 7) is 0. The zero-order valence-corrected chi connectivity index (χ0v) is 14.7. The lowest BCUT2D eigenvalue weighted by Gasteiger charge is -2.11. The van der Waals surface area contributed by atoms with Crippen molar-refractivity contribution in [3.05, 3.63) is 77.5 Å². The fraction of sp³-hybridized carbons (Fsp3) is 0.0500. The first-order valence-corrected chi connectivity index (χ1v) is 8.30. The molecule has 3 heterocycles. The summed E-state index contributed by atoms with van der Waals surface area (Å²) in [6.07, 6.45) is -1.75. The van der Waals surface area contributed by atoms with Gasteiger partial charge in [-0.15, -0.1) is 0 Å². The van der Waals surface area contributed by atoms with E-state index in [1.165, 1.54) is 18.3 Å². The van der Waals surface area contributed by atoms with Crippen LogP contribution in [0.1, 0.15) is 11.1 Å². The number of benzene rings is 1. The smallest absolute Gasteiger partial charge is 0.297 e. The van der Waals surface area contributed by atoms with Crippen LogP contribution in [0.5, 0.6) is 0 Å². The van der Waals surface area contributed by atoms with E-state index < -0.39 is 34.8 Å². The summed E-state index contributed by atoms with van der Waals surface area (Å²) in [5.41, 5.74) is -2.69. The van der Waals surface area contributed by atoms with Crippen LogP contribution in [0, 0.1) is 28.8 Å². The minimum atomic E-state index is -4.91. The fourth-order valence-corrected chi connectivity index (χ4v) is 3.08. The first-order chi connectivity index (χ1) is 14.2. The van der Waals surface area contributed by atoms with Gasteiger partial charge in [0, 0.05) is 23.5 Å². The SMILES string of the molecule is N#Cc1cc(F)ccc1-c1nccc(-c2cnc3c(F)c(C(F)(F)F)ccn23)c1F. The minimum absolute atomic E-state index is 0.0256. The molecular weight excluding hydrogens is 410 g/mol. The number of nitrogens with zero attached hydrogens (tertiary/aromatic N) is 4. The Morgan fingerprint density at radius 3 is 2.40 bits per heavy atom. The van der Waals surface area contributed by atoms with Gasteiger partial charge in [-0.25, -0.2) is 18.2 Å². The molecule has 4 aromatic rings. The molecule has 0 amide bonds. The Labute approximate surface area is 164 Å². The van der Waals surface area contributed by atoms with Crippen molar-refractivity contribution in [3.8, 4) is 28.6 Å². The molecule has 4 nitrogen and oxygen atoms in total. The predicted molar refractivity (Wildman–Crippen MR) is 93.5 cm³/mol. The Hall–Kier alpha value is -3.87. The van der Waals surface area contributed by atoms with Crippen LogP contribution < -0.4 is 0 Å². The van der Waals surface area contributed by atoms with Gasteiger partial charge in [0.15, 0.2) is 17.3 Å². The number of nitriles is 1.